The van der Waals surface area contributed by atoms with Crippen LogP contribution in [0.25, 0.3) is 0 Å². The van der Waals surface area contributed by atoms with Gasteiger partial charge in [-0.15, -0.1) is 0 Å². The first-order chi connectivity index (χ1) is 19.0. The van der Waals surface area contributed by atoms with Crippen molar-refractivity contribution in [1.82, 2.24) is 15.6 Å². The van der Waals surface area contributed by atoms with Crippen LogP contribution in [-0.2, 0) is 33.7 Å². The summed E-state index contributed by atoms with van der Waals surface area (Å²) in [5, 5.41) is 5.43. The standard InChI is InChI=1S/C30H32F2N4O4/c1-30(2,3)40-29(39)34-22(15-20-7-4-5-8-23(20)32)16-27(37)35-25-17-24-26(9-6-14-33-24)36(28(25)38)18-19-10-12-21(31)13-11-19/h4-14,22,25H,15-18H2,1-3H3,(H,34,39)(H,35,37)/t22-,25?/m1/s1. The van der Waals surface area contributed by atoms with E-state index in [0.29, 0.717) is 22.5 Å². The van der Waals surface area contributed by atoms with Crippen LogP contribution in [0.2, 0.25) is 0 Å². The average molecular weight is 551 g/mol. The molecule has 1 aliphatic rings. The second-order valence-corrected chi connectivity index (χ2v) is 10.7. The Morgan fingerprint density at radius 2 is 1.80 bits per heavy atom. The smallest absolute Gasteiger partial charge is 0.407 e. The summed E-state index contributed by atoms with van der Waals surface area (Å²) in [4.78, 5) is 45.1. The van der Waals surface area contributed by atoms with Crippen LogP contribution < -0.4 is 15.5 Å². The van der Waals surface area contributed by atoms with Crippen molar-refractivity contribution >= 4 is 23.6 Å². The van der Waals surface area contributed by atoms with E-state index >= 15 is 0 Å². The van der Waals surface area contributed by atoms with Gasteiger partial charge in [-0.3, -0.25) is 14.6 Å². The lowest BCUT2D eigenvalue weighted by Crippen LogP contribution is -2.54. The zero-order chi connectivity index (χ0) is 28.9. The topological polar surface area (TPSA) is 101 Å². The van der Waals surface area contributed by atoms with Gasteiger partial charge in [-0.2, -0.15) is 0 Å². The van der Waals surface area contributed by atoms with E-state index in [1.165, 1.54) is 23.1 Å². The van der Waals surface area contributed by atoms with Crippen LogP contribution in [0.3, 0.4) is 0 Å². The molecule has 1 aliphatic heterocycles. The molecule has 1 unspecified atom stereocenters. The fourth-order valence-corrected chi connectivity index (χ4v) is 4.52. The minimum atomic E-state index is -0.911. The van der Waals surface area contributed by atoms with Crippen molar-refractivity contribution in [2.75, 3.05) is 4.90 Å². The zero-order valence-electron chi connectivity index (χ0n) is 22.6. The van der Waals surface area contributed by atoms with Crippen LogP contribution in [0.15, 0.2) is 66.9 Å². The molecule has 0 radical (unpaired) electrons. The van der Waals surface area contributed by atoms with Crippen LogP contribution in [0.1, 0.15) is 44.0 Å². The molecule has 4 rings (SSSR count). The van der Waals surface area contributed by atoms with E-state index in [4.69, 9.17) is 4.74 Å². The van der Waals surface area contributed by atoms with Crippen molar-refractivity contribution in [2.24, 2.45) is 0 Å². The number of aromatic nitrogens is 1. The summed E-state index contributed by atoms with van der Waals surface area (Å²) in [6.07, 6.45) is 0.874. The van der Waals surface area contributed by atoms with Crippen LogP contribution in [-0.4, -0.2) is 40.6 Å². The number of nitrogens with zero attached hydrogens (tertiary/aromatic N) is 2. The van der Waals surface area contributed by atoms with Gasteiger partial charge in [-0.05, 0) is 68.7 Å². The number of benzene rings is 2. The molecule has 0 fully saturated rings. The summed E-state index contributed by atoms with van der Waals surface area (Å²) in [6.45, 7) is 5.30. The molecule has 0 bridgehead atoms. The van der Waals surface area contributed by atoms with Gasteiger partial charge in [-0.25, -0.2) is 13.6 Å². The highest BCUT2D eigenvalue weighted by Crippen LogP contribution is 2.28. The number of carbonyl (C=O) groups excluding carboxylic acids is 3. The maximum atomic E-state index is 14.4. The normalized spacial score (nSPS) is 15.7. The molecule has 2 aromatic carbocycles. The summed E-state index contributed by atoms with van der Waals surface area (Å²) in [5.74, 6) is -1.69. The molecule has 2 atom stereocenters. The SMILES string of the molecule is CC(C)(C)OC(=O)N[C@@H](CC(=O)NC1Cc2ncccc2N(Cc2ccc(F)cc2)C1=O)Cc1ccccc1F. The van der Waals surface area contributed by atoms with Gasteiger partial charge in [-0.1, -0.05) is 30.3 Å². The van der Waals surface area contributed by atoms with E-state index in [2.05, 4.69) is 15.6 Å². The van der Waals surface area contributed by atoms with Gasteiger partial charge in [0.2, 0.25) is 11.8 Å². The van der Waals surface area contributed by atoms with E-state index in [1.54, 1.807) is 69.4 Å². The largest absolute Gasteiger partial charge is 0.444 e. The van der Waals surface area contributed by atoms with Crippen molar-refractivity contribution in [3.8, 4) is 0 Å². The molecular weight excluding hydrogens is 518 g/mol. The van der Waals surface area contributed by atoms with Crippen LogP contribution in [0.4, 0.5) is 19.3 Å². The number of ether oxygens (including phenoxy) is 1. The van der Waals surface area contributed by atoms with E-state index < -0.39 is 35.5 Å². The van der Waals surface area contributed by atoms with Gasteiger partial charge < -0.3 is 20.3 Å². The number of alkyl carbamates (subject to hydrolysis) is 1. The molecule has 1 aromatic heterocycles. The van der Waals surface area contributed by atoms with Crippen molar-refractivity contribution in [3.63, 3.8) is 0 Å². The Hall–Kier alpha value is -4.34. The number of pyridine rings is 1. The van der Waals surface area contributed by atoms with E-state index in [1.807, 2.05) is 0 Å². The molecule has 0 spiro atoms. The van der Waals surface area contributed by atoms with Crippen molar-refractivity contribution < 1.29 is 27.9 Å². The number of hydrogen-bond acceptors (Lipinski definition) is 5. The predicted molar refractivity (Wildman–Crippen MR) is 145 cm³/mol. The molecule has 3 aromatic rings. The number of nitrogens with one attached hydrogen (secondary N) is 2. The third-order valence-corrected chi connectivity index (χ3v) is 6.28. The Labute approximate surface area is 231 Å². The second kappa shape index (κ2) is 12.2. The maximum Gasteiger partial charge on any atom is 0.407 e. The number of amides is 3. The first kappa shape index (κ1) is 28.7. The van der Waals surface area contributed by atoms with Crippen molar-refractivity contribution in [1.29, 1.82) is 0 Å². The minimum Gasteiger partial charge on any atom is -0.444 e. The van der Waals surface area contributed by atoms with Crippen molar-refractivity contribution in [2.45, 2.75) is 64.3 Å². The van der Waals surface area contributed by atoms with Gasteiger partial charge in [0.15, 0.2) is 0 Å². The summed E-state index contributed by atoms with van der Waals surface area (Å²) in [6, 6.07) is 13.7. The fraction of sp³-hybridized carbons (Fsp3) is 0.333. The molecule has 10 heteroatoms. The van der Waals surface area contributed by atoms with Gasteiger partial charge in [0.1, 0.15) is 23.3 Å². The fourth-order valence-electron chi connectivity index (χ4n) is 4.52. The Morgan fingerprint density at radius 1 is 1.07 bits per heavy atom. The lowest BCUT2D eigenvalue weighted by Gasteiger charge is -2.34. The molecule has 8 nitrogen and oxygen atoms in total. The lowest BCUT2D eigenvalue weighted by molar-refractivity contribution is -0.128. The molecule has 2 N–H and O–H groups in total. The Balaban J connectivity index is 1.50. The quantitative estimate of drug-likeness (QED) is 0.432. The number of carbonyl (C=O) groups is 3. The van der Waals surface area contributed by atoms with Gasteiger partial charge in [0.05, 0.1) is 17.9 Å². The number of halogens is 2. The molecule has 0 saturated heterocycles. The lowest BCUT2D eigenvalue weighted by atomic mass is 9.99. The average Bonchev–Trinajstić information content (AvgIpc) is 2.88. The Bertz CT molecular complexity index is 1370. The van der Waals surface area contributed by atoms with Crippen LogP contribution >= 0.6 is 0 Å². The Kier molecular flexibility index (Phi) is 8.77. The number of rotatable bonds is 8. The van der Waals surface area contributed by atoms with E-state index in [9.17, 15) is 23.2 Å². The number of hydrogen-bond donors (Lipinski definition) is 2. The third kappa shape index (κ3) is 7.62. The first-order valence-electron chi connectivity index (χ1n) is 13.0. The zero-order valence-corrected chi connectivity index (χ0v) is 22.6. The highest BCUT2D eigenvalue weighted by molar-refractivity contribution is 6.01. The second-order valence-electron chi connectivity index (χ2n) is 10.7. The summed E-state index contributed by atoms with van der Waals surface area (Å²) < 4.78 is 33.1. The van der Waals surface area contributed by atoms with Crippen molar-refractivity contribution in [3.05, 3.63) is 95.3 Å². The Morgan fingerprint density at radius 3 is 2.50 bits per heavy atom. The van der Waals surface area contributed by atoms with Crippen LogP contribution in [0.5, 0.6) is 0 Å². The third-order valence-electron chi connectivity index (χ3n) is 6.28. The molecule has 3 amide bonds. The summed E-state index contributed by atoms with van der Waals surface area (Å²) in [7, 11) is 0. The minimum absolute atomic E-state index is 0.0407. The summed E-state index contributed by atoms with van der Waals surface area (Å²) in [5.41, 5.74) is 1.52. The molecular formula is C30H32F2N4O4. The van der Waals surface area contributed by atoms with E-state index in [0.717, 1.165) is 0 Å². The highest BCUT2D eigenvalue weighted by atomic mass is 19.1. The van der Waals surface area contributed by atoms with Gasteiger partial charge in [0.25, 0.3) is 0 Å². The molecule has 0 aliphatic carbocycles. The molecule has 0 saturated carbocycles. The monoisotopic (exact) mass is 550 g/mol. The van der Waals surface area contributed by atoms with Gasteiger partial charge in [0, 0.05) is 25.1 Å². The molecule has 210 valence electrons. The maximum absolute atomic E-state index is 14.4. The van der Waals surface area contributed by atoms with Crippen LogP contribution in [0, 0.1) is 11.6 Å². The predicted octanol–water partition coefficient (Wildman–Crippen LogP) is 4.46. The summed E-state index contributed by atoms with van der Waals surface area (Å²) >= 11 is 0. The molecule has 40 heavy (non-hydrogen) atoms. The first-order valence-corrected chi connectivity index (χ1v) is 13.0. The number of anilines is 1. The van der Waals surface area contributed by atoms with E-state index in [-0.39, 0.29) is 37.5 Å². The molecule has 2 heterocycles. The number of fused-ring (bicyclic) bond motifs is 1. The van der Waals surface area contributed by atoms with Gasteiger partial charge >= 0.3 is 6.09 Å². The highest BCUT2D eigenvalue weighted by Gasteiger charge is 2.35.